The monoisotopic (exact) mass is 390 g/mol. The molecule has 0 aliphatic heterocycles. The lowest BCUT2D eigenvalue weighted by Crippen LogP contribution is -2.57. The number of aliphatic hydroxyl groups excluding tert-OH is 1. The molecule has 152 valence electrons. The summed E-state index contributed by atoms with van der Waals surface area (Å²) in [6.07, 6.45) is 2.65. The molecule has 0 radical (unpaired) electrons. The molecule has 0 heterocycles. The van der Waals surface area contributed by atoms with Gasteiger partial charge in [0, 0.05) is 23.7 Å². The Morgan fingerprint density at radius 1 is 1.29 bits per heavy atom. The zero-order valence-corrected chi connectivity index (χ0v) is 16.4. The number of carbonyl (C=O) groups excluding carboxylic acids is 2. The first-order valence-corrected chi connectivity index (χ1v) is 10.0. The number of hydrogen-bond donors (Lipinski definition) is 2. The summed E-state index contributed by atoms with van der Waals surface area (Å²) in [5.74, 6) is -2.82. The van der Waals surface area contributed by atoms with Crippen LogP contribution in [0.5, 0.6) is 0 Å². The quantitative estimate of drug-likeness (QED) is 0.756. The first-order chi connectivity index (χ1) is 13.0. The summed E-state index contributed by atoms with van der Waals surface area (Å²) in [6.45, 7) is 5.66. The van der Waals surface area contributed by atoms with Gasteiger partial charge in [-0.25, -0.2) is 9.18 Å². The van der Waals surface area contributed by atoms with E-state index in [1.54, 1.807) is 6.08 Å². The molecular weight excluding hydrogens is 363 g/mol. The molecule has 0 amide bonds. The van der Waals surface area contributed by atoms with E-state index >= 15 is 4.39 Å². The van der Waals surface area contributed by atoms with Crippen molar-refractivity contribution in [3.05, 3.63) is 23.8 Å². The number of allylic oxidation sites excluding steroid dienone is 4. The van der Waals surface area contributed by atoms with Gasteiger partial charge in [0.2, 0.25) is 0 Å². The highest BCUT2D eigenvalue weighted by Crippen LogP contribution is 2.66. The third kappa shape index (κ3) is 2.43. The minimum atomic E-state index is -1.53. The van der Waals surface area contributed by atoms with E-state index < -0.39 is 40.9 Å². The van der Waals surface area contributed by atoms with Gasteiger partial charge in [0.1, 0.15) is 12.0 Å². The van der Waals surface area contributed by atoms with Gasteiger partial charge < -0.3 is 10.2 Å². The second kappa shape index (κ2) is 6.09. The third-order valence-corrected chi connectivity index (χ3v) is 8.26. The molecule has 3 saturated carbocycles. The van der Waals surface area contributed by atoms with E-state index in [1.165, 1.54) is 12.2 Å². The first-order valence-electron chi connectivity index (χ1n) is 10.0. The number of alkyl halides is 1. The molecule has 9 atom stereocenters. The standard InChI is InChI=1S/C22H27FO5/c1-10-6-13-12-8-15(23)14-7-11(24)4-5-21(14,2)18(12)16(25)9-22(13,3)17(10)19(26)20(27)28/h4-5,7,10,12-13,15,17-19,26H,6,8-9H2,1-3H3,(H,27,28)/t10-,12+,13+,15+,17-,18-,19?,21+,22+/m1/s1. The zero-order valence-electron chi connectivity index (χ0n) is 16.4. The van der Waals surface area contributed by atoms with E-state index in [-0.39, 0.29) is 42.2 Å². The van der Waals surface area contributed by atoms with E-state index in [4.69, 9.17) is 0 Å². The van der Waals surface area contributed by atoms with Gasteiger partial charge in [-0.2, -0.15) is 0 Å². The summed E-state index contributed by atoms with van der Waals surface area (Å²) in [6, 6.07) is 0. The van der Waals surface area contributed by atoms with Gasteiger partial charge in [-0.3, -0.25) is 9.59 Å². The maximum absolute atomic E-state index is 15.2. The number of hydrogen-bond acceptors (Lipinski definition) is 4. The average Bonchev–Trinajstić information content (AvgIpc) is 2.85. The average molecular weight is 390 g/mol. The highest BCUT2D eigenvalue weighted by molar-refractivity contribution is 6.02. The Balaban J connectivity index is 1.78. The summed E-state index contributed by atoms with van der Waals surface area (Å²) in [7, 11) is 0. The van der Waals surface area contributed by atoms with E-state index in [9.17, 15) is 24.6 Å². The van der Waals surface area contributed by atoms with Gasteiger partial charge in [0.05, 0.1) is 0 Å². The van der Waals surface area contributed by atoms with Gasteiger partial charge >= 0.3 is 5.97 Å². The summed E-state index contributed by atoms with van der Waals surface area (Å²) in [5, 5.41) is 19.7. The van der Waals surface area contributed by atoms with Crippen LogP contribution in [0.3, 0.4) is 0 Å². The van der Waals surface area contributed by atoms with Crippen LogP contribution in [0.15, 0.2) is 23.8 Å². The van der Waals surface area contributed by atoms with Crippen LogP contribution in [0.25, 0.3) is 0 Å². The highest BCUT2D eigenvalue weighted by Gasteiger charge is 2.66. The summed E-state index contributed by atoms with van der Waals surface area (Å²) >= 11 is 0. The van der Waals surface area contributed by atoms with Crippen molar-refractivity contribution in [2.75, 3.05) is 0 Å². The molecule has 0 aromatic heterocycles. The molecular formula is C22H27FO5. The lowest BCUT2D eigenvalue weighted by Gasteiger charge is -2.56. The number of carbonyl (C=O) groups is 3. The SMILES string of the molecule is C[C@@H]1C[C@H]2[C@@H]3C[C@H](F)C4=CC(=O)C=C[C@]4(C)[C@H]3C(=O)C[C@]2(C)[C@H]1C(O)C(=O)O. The molecule has 0 saturated heterocycles. The number of rotatable bonds is 2. The second-order valence-electron chi connectivity index (χ2n) is 9.74. The number of aliphatic carboxylic acids is 1. The number of Topliss-reactive ketones (excluding diaryl/α,β-unsaturated/α-hetero) is 1. The van der Waals surface area contributed by atoms with Gasteiger partial charge in [0.15, 0.2) is 11.9 Å². The number of fused-ring (bicyclic) bond motifs is 5. The van der Waals surface area contributed by atoms with Gasteiger partial charge in [-0.15, -0.1) is 0 Å². The van der Waals surface area contributed by atoms with Crippen molar-refractivity contribution in [2.24, 2.45) is 40.4 Å². The van der Waals surface area contributed by atoms with E-state index in [0.29, 0.717) is 12.0 Å². The normalized spacial score (nSPS) is 48.4. The van der Waals surface area contributed by atoms with Gasteiger partial charge in [0.25, 0.3) is 0 Å². The fourth-order valence-corrected chi connectivity index (χ4v) is 7.27. The van der Waals surface area contributed by atoms with Crippen LogP contribution in [0.2, 0.25) is 0 Å². The Bertz CT molecular complexity index is 816. The van der Waals surface area contributed by atoms with E-state index in [0.717, 1.165) is 0 Å². The molecule has 4 aliphatic carbocycles. The molecule has 0 aromatic rings. The number of carboxylic acids is 1. The minimum Gasteiger partial charge on any atom is -0.479 e. The summed E-state index contributed by atoms with van der Waals surface area (Å²) in [5.41, 5.74) is -1.09. The Labute approximate surface area is 163 Å². The molecule has 0 aromatic carbocycles. The molecule has 28 heavy (non-hydrogen) atoms. The van der Waals surface area contributed by atoms with Crippen molar-refractivity contribution in [2.45, 2.75) is 52.3 Å². The Morgan fingerprint density at radius 3 is 2.61 bits per heavy atom. The summed E-state index contributed by atoms with van der Waals surface area (Å²) < 4.78 is 15.2. The number of halogens is 1. The fraction of sp³-hybridized carbons (Fsp3) is 0.682. The van der Waals surface area contributed by atoms with Gasteiger partial charge in [-0.05, 0) is 53.7 Å². The predicted octanol–water partition coefficient (Wildman–Crippen LogP) is 2.73. The Morgan fingerprint density at radius 2 is 1.96 bits per heavy atom. The predicted molar refractivity (Wildman–Crippen MR) is 99.0 cm³/mol. The molecule has 0 spiro atoms. The van der Waals surface area contributed by atoms with Crippen LogP contribution in [0.1, 0.15) is 40.0 Å². The van der Waals surface area contributed by atoms with Crippen molar-refractivity contribution < 1.29 is 29.0 Å². The van der Waals surface area contributed by atoms with Crippen molar-refractivity contribution in [1.82, 2.24) is 0 Å². The molecule has 3 fully saturated rings. The maximum Gasteiger partial charge on any atom is 0.332 e. The van der Waals surface area contributed by atoms with Crippen LogP contribution < -0.4 is 0 Å². The molecule has 5 nitrogen and oxygen atoms in total. The molecule has 6 heteroatoms. The van der Waals surface area contributed by atoms with Crippen molar-refractivity contribution in [3.8, 4) is 0 Å². The van der Waals surface area contributed by atoms with Gasteiger partial charge in [-0.1, -0.05) is 26.8 Å². The summed E-state index contributed by atoms with van der Waals surface area (Å²) in [4.78, 5) is 36.7. The Hall–Kier alpha value is -1.82. The number of carboxylic acid groups (broad SMARTS) is 1. The number of ketones is 2. The highest BCUT2D eigenvalue weighted by atomic mass is 19.1. The lowest BCUT2D eigenvalue weighted by molar-refractivity contribution is -0.160. The van der Waals surface area contributed by atoms with Crippen LogP contribution in [-0.2, 0) is 14.4 Å². The smallest absolute Gasteiger partial charge is 0.332 e. The maximum atomic E-state index is 15.2. The van der Waals surface area contributed by atoms with Crippen LogP contribution in [-0.4, -0.2) is 40.0 Å². The van der Waals surface area contributed by atoms with Crippen molar-refractivity contribution in [3.63, 3.8) is 0 Å². The lowest BCUT2D eigenvalue weighted by atomic mass is 9.47. The van der Waals surface area contributed by atoms with Crippen molar-refractivity contribution in [1.29, 1.82) is 0 Å². The molecule has 2 N–H and O–H groups in total. The Kier molecular flexibility index (Phi) is 4.24. The molecule has 0 bridgehead atoms. The topological polar surface area (TPSA) is 91.7 Å². The van der Waals surface area contributed by atoms with E-state index in [1.807, 2.05) is 20.8 Å². The first kappa shape index (κ1) is 19.5. The third-order valence-electron chi connectivity index (χ3n) is 8.26. The fourth-order valence-electron chi connectivity index (χ4n) is 7.27. The van der Waals surface area contributed by atoms with Crippen LogP contribution in [0.4, 0.5) is 4.39 Å². The molecule has 4 aliphatic rings. The van der Waals surface area contributed by atoms with Crippen molar-refractivity contribution >= 4 is 17.5 Å². The molecule has 1 unspecified atom stereocenters. The van der Waals surface area contributed by atoms with Crippen LogP contribution >= 0.6 is 0 Å². The number of aliphatic hydroxyl groups is 1. The largest absolute Gasteiger partial charge is 0.479 e. The molecule has 4 rings (SSSR count). The minimum absolute atomic E-state index is 0.0141. The zero-order chi connectivity index (χ0) is 20.6. The second-order valence-corrected chi connectivity index (χ2v) is 9.74. The van der Waals surface area contributed by atoms with E-state index in [2.05, 4.69) is 0 Å². The van der Waals surface area contributed by atoms with Crippen LogP contribution in [0, 0.1) is 40.4 Å².